The van der Waals surface area contributed by atoms with Crippen LogP contribution in [0.25, 0.3) is 0 Å². The third-order valence-electron chi connectivity index (χ3n) is 3.68. The number of aromatic nitrogens is 3. The molecule has 0 amide bonds. The van der Waals surface area contributed by atoms with Gasteiger partial charge >= 0.3 is 5.97 Å². The van der Waals surface area contributed by atoms with Crippen molar-refractivity contribution >= 4 is 29.3 Å². The van der Waals surface area contributed by atoms with Gasteiger partial charge in [0.15, 0.2) is 0 Å². The number of rotatable bonds is 7. The first kappa shape index (κ1) is 19.3. The number of ether oxygens (including phenoxy) is 2. The molecule has 0 spiro atoms. The molecule has 1 heterocycles. The number of esters is 1. The van der Waals surface area contributed by atoms with Crippen LogP contribution < -0.4 is 4.74 Å². The maximum Gasteiger partial charge on any atom is 0.361 e. The van der Waals surface area contributed by atoms with Gasteiger partial charge in [-0.15, -0.1) is 5.10 Å². The average molecular weight is 404 g/mol. The normalized spacial score (nSPS) is 10.6. The number of nitrogens with zero attached hydrogens (tertiary/aromatic N) is 3. The van der Waals surface area contributed by atoms with Gasteiger partial charge in [-0.05, 0) is 48.9 Å². The van der Waals surface area contributed by atoms with E-state index in [-0.39, 0.29) is 12.3 Å². The molecule has 3 aromatic rings. The summed E-state index contributed by atoms with van der Waals surface area (Å²) in [7, 11) is 1.62. The molecule has 1 aromatic heterocycles. The van der Waals surface area contributed by atoms with Crippen LogP contribution in [0.5, 0.6) is 5.75 Å². The van der Waals surface area contributed by atoms with Crippen molar-refractivity contribution in [2.45, 2.75) is 23.4 Å². The Morgan fingerprint density at radius 2 is 1.85 bits per heavy atom. The van der Waals surface area contributed by atoms with Gasteiger partial charge in [-0.25, -0.2) is 9.48 Å². The smallest absolute Gasteiger partial charge is 0.361 e. The highest BCUT2D eigenvalue weighted by atomic mass is 35.5. The van der Waals surface area contributed by atoms with Gasteiger partial charge in [-0.3, -0.25) is 0 Å². The Labute approximate surface area is 166 Å². The van der Waals surface area contributed by atoms with Crippen LogP contribution in [0.2, 0.25) is 5.02 Å². The average Bonchev–Trinajstić information content (AvgIpc) is 3.07. The van der Waals surface area contributed by atoms with Crippen molar-refractivity contribution in [3.05, 3.63) is 64.8 Å². The van der Waals surface area contributed by atoms with Gasteiger partial charge in [-0.1, -0.05) is 40.7 Å². The molecule has 0 aliphatic carbocycles. The summed E-state index contributed by atoms with van der Waals surface area (Å²) in [5.41, 5.74) is 1.21. The standard InChI is InChI=1S/C19H18ClN3O3S/c1-3-26-19(24)17-18(27-16-10-6-14(20)7-11-16)23(22-21-17)12-13-4-8-15(25-2)9-5-13/h4-11H,3,12H2,1-2H3. The molecule has 8 heteroatoms. The second-order valence-electron chi connectivity index (χ2n) is 5.53. The molecule has 0 saturated heterocycles. The van der Waals surface area contributed by atoms with Crippen LogP contribution >= 0.6 is 23.4 Å². The first-order chi connectivity index (χ1) is 13.1. The van der Waals surface area contributed by atoms with E-state index in [1.807, 2.05) is 36.4 Å². The topological polar surface area (TPSA) is 66.2 Å². The number of carbonyl (C=O) groups excluding carboxylic acids is 1. The summed E-state index contributed by atoms with van der Waals surface area (Å²) >= 11 is 7.35. The predicted molar refractivity (Wildman–Crippen MR) is 104 cm³/mol. The monoisotopic (exact) mass is 403 g/mol. The van der Waals surface area contributed by atoms with Crippen molar-refractivity contribution in [3.63, 3.8) is 0 Å². The lowest BCUT2D eigenvalue weighted by Crippen LogP contribution is -2.08. The molecular formula is C19H18ClN3O3S. The molecule has 0 atom stereocenters. The summed E-state index contributed by atoms with van der Waals surface area (Å²) < 4.78 is 12.0. The summed E-state index contributed by atoms with van der Waals surface area (Å²) in [5.74, 6) is 0.287. The quantitative estimate of drug-likeness (QED) is 0.547. The fourth-order valence-electron chi connectivity index (χ4n) is 2.35. The van der Waals surface area contributed by atoms with Crippen LogP contribution in [0.3, 0.4) is 0 Å². The maximum atomic E-state index is 12.3. The number of methoxy groups -OCH3 is 1. The molecule has 140 valence electrons. The van der Waals surface area contributed by atoms with Crippen LogP contribution in [0.1, 0.15) is 23.0 Å². The molecule has 0 radical (unpaired) electrons. The first-order valence-corrected chi connectivity index (χ1v) is 9.47. The highest BCUT2D eigenvalue weighted by Gasteiger charge is 2.22. The molecule has 3 rings (SSSR count). The summed E-state index contributed by atoms with van der Waals surface area (Å²) in [4.78, 5) is 13.2. The van der Waals surface area contributed by atoms with Crippen molar-refractivity contribution < 1.29 is 14.3 Å². The Hall–Kier alpha value is -2.51. The molecular weight excluding hydrogens is 386 g/mol. The van der Waals surface area contributed by atoms with Gasteiger partial charge in [0.2, 0.25) is 5.69 Å². The number of hydrogen-bond acceptors (Lipinski definition) is 6. The maximum absolute atomic E-state index is 12.3. The number of hydrogen-bond donors (Lipinski definition) is 0. The minimum absolute atomic E-state index is 0.199. The minimum atomic E-state index is -0.491. The minimum Gasteiger partial charge on any atom is -0.497 e. The summed E-state index contributed by atoms with van der Waals surface area (Å²) in [6, 6.07) is 15.0. The van der Waals surface area contributed by atoms with Gasteiger partial charge in [0.25, 0.3) is 0 Å². The van der Waals surface area contributed by atoms with Gasteiger partial charge < -0.3 is 9.47 Å². The Kier molecular flexibility index (Phi) is 6.36. The zero-order chi connectivity index (χ0) is 19.2. The van der Waals surface area contributed by atoms with E-state index in [4.69, 9.17) is 21.1 Å². The lowest BCUT2D eigenvalue weighted by molar-refractivity contribution is 0.0515. The van der Waals surface area contributed by atoms with E-state index in [2.05, 4.69) is 10.3 Å². The van der Waals surface area contributed by atoms with Crippen LogP contribution in [0.4, 0.5) is 0 Å². The van der Waals surface area contributed by atoms with Crippen molar-refractivity contribution in [2.75, 3.05) is 13.7 Å². The van der Waals surface area contributed by atoms with Crippen molar-refractivity contribution in [1.29, 1.82) is 0 Å². The zero-order valence-corrected chi connectivity index (χ0v) is 16.5. The lowest BCUT2D eigenvalue weighted by Gasteiger charge is -2.09. The van der Waals surface area contributed by atoms with E-state index in [1.165, 1.54) is 11.8 Å². The molecule has 0 bridgehead atoms. The fourth-order valence-corrected chi connectivity index (χ4v) is 3.40. The predicted octanol–water partition coefficient (Wildman–Crippen LogP) is 4.32. The molecule has 27 heavy (non-hydrogen) atoms. The summed E-state index contributed by atoms with van der Waals surface area (Å²) in [6.45, 7) is 2.49. The highest BCUT2D eigenvalue weighted by Crippen LogP contribution is 2.31. The summed E-state index contributed by atoms with van der Waals surface area (Å²) in [6.07, 6.45) is 0. The first-order valence-electron chi connectivity index (χ1n) is 8.27. The zero-order valence-electron chi connectivity index (χ0n) is 14.9. The van der Waals surface area contributed by atoms with Gasteiger partial charge in [-0.2, -0.15) is 0 Å². The third-order valence-corrected chi connectivity index (χ3v) is 5.04. The molecule has 0 unspecified atom stereocenters. The largest absolute Gasteiger partial charge is 0.497 e. The SMILES string of the molecule is CCOC(=O)c1nnn(Cc2ccc(OC)cc2)c1Sc1ccc(Cl)cc1. The molecule has 0 N–H and O–H groups in total. The van der Waals surface area contributed by atoms with Gasteiger partial charge in [0, 0.05) is 9.92 Å². The molecule has 0 saturated carbocycles. The molecule has 0 aliphatic rings. The van der Waals surface area contributed by atoms with Crippen molar-refractivity contribution in [1.82, 2.24) is 15.0 Å². The number of carbonyl (C=O) groups is 1. The fraction of sp³-hybridized carbons (Fsp3) is 0.211. The van der Waals surface area contributed by atoms with Crippen LogP contribution in [-0.2, 0) is 11.3 Å². The molecule has 0 fully saturated rings. The number of halogens is 1. The van der Waals surface area contributed by atoms with E-state index in [0.717, 1.165) is 16.2 Å². The number of benzene rings is 2. The Bertz CT molecular complexity index is 911. The van der Waals surface area contributed by atoms with E-state index in [1.54, 1.807) is 30.8 Å². The van der Waals surface area contributed by atoms with Crippen LogP contribution in [-0.4, -0.2) is 34.7 Å². The Balaban J connectivity index is 1.91. The Morgan fingerprint density at radius 1 is 1.15 bits per heavy atom. The third kappa shape index (κ3) is 4.81. The van der Waals surface area contributed by atoms with E-state index < -0.39 is 5.97 Å². The van der Waals surface area contributed by atoms with Crippen LogP contribution in [0, 0.1) is 0 Å². The molecule has 6 nitrogen and oxygen atoms in total. The highest BCUT2D eigenvalue weighted by molar-refractivity contribution is 7.99. The van der Waals surface area contributed by atoms with Crippen molar-refractivity contribution in [2.24, 2.45) is 0 Å². The van der Waals surface area contributed by atoms with Crippen LogP contribution in [0.15, 0.2) is 58.5 Å². The Morgan fingerprint density at radius 3 is 2.48 bits per heavy atom. The van der Waals surface area contributed by atoms with E-state index >= 15 is 0 Å². The van der Waals surface area contributed by atoms with Gasteiger partial charge in [0.1, 0.15) is 10.8 Å². The second-order valence-corrected chi connectivity index (χ2v) is 7.02. The second kappa shape index (κ2) is 8.92. The lowest BCUT2D eigenvalue weighted by atomic mass is 10.2. The van der Waals surface area contributed by atoms with Gasteiger partial charge in [0.05, 0.1) is 20.3 Å². The summed E-state index contributed by atoms with van der Waals surface area (Å²) in [5, 5.41) is 9.47. The molecule has 2 aromatic carbocycles. The van der Waals surface area contributed by atoms with Crippen molar-refractivity contribution in [3.8, 4) is 5.75 Å². The van der Waals surface area contributed by atoms with E-state index in [9.17, 15) is 4.79 Å². The molecule has 0 aliphatic heterocycles. The van der Waals surface area contributed by atoms with E-state index in [0.29, 0.717) is 16.6 Å².